The summed E-state index contributed by atoms with van der Waals surface area (Å²) in [5.41, 5.74) is 0.790. The first-order valence-electron chi connectivity index (χ1n) is 9.25. The Bertz CT molecular complexity index is 344. The van der Waals surface area contributed by atoms with Crippen LogP contribution in [0.5, 0.6) is 0 Å². The molecule has 20 heavy (non-hydrogen) atoms. The lowest BCUT2D eigenvalue weighted by Crippen LogP contribution is -2.53. The van der Waals surface area contributed by atoms with Gasteiger partial charge in [0, 0.05) is 25.2 Å². The van der Waals surface area contributed by atoms with Gasteiger partial charge in [-0.1, -0.05) is 0 Å². The molecule has 0 spiro atoms. The van der Waals surface area contributed by atoms with E-state index in [2.05, 4.69) is 10.2 Å². The smallest absolute Gasteiger partial charge is 0.0198 e. The van der Waals surface area contributed by atoms with E-state index < -0.39 is 0 Å². The Labute approximate surface area is 123 Å². The molecule has 2 heterocycles. The molecule has 6 fully saturated rings. The molecule has 0 aromatic carbocycles. The number of rotatable bonds is 3. The van der Waals surface area contributed by atoms with Crippen molar-refractivity contribution in [3.8, 4) is 0 Å². The zero-order valence-electron chi connectivity index (χ0n) is 12.8. The molecule has 6 bridgehead atoms. The maximum absolute atomic E-state index is 3.77. The lowest BCUT2D eigenvalue weighted by atomic mass is 9.49. The molecule has 0 radical (unpaired) electrons. The first kappa shape index (κ1) is 12.5. The Kier molecular flexibility index (Phi) is 2.78. The van der Waals surface area contributed by atoms with E-state index in [9.17, 15) is 0 Å². The summed E-state index contributed by atoms with van der Waals surface area (Å²) in [6, 6.07) is 1.65. The van der Waals surface area contributed by atoms with Crippen LogP contribution in [0.4, 0.5) is 0 Å². The van der Waals surface area contributed by atoms with Gasteiger partial charge in [0.05, 0.1) is 0 Å². The summed E-state index contributed by atoms with van der Waals surface area (Å²) in [6.07, 6.45) is 14.0. The molecule has 2 aliphatic heterocycles. The van der Waals surface area contributed by atoms with Crippen LogP contribution in [0.3, 0.4) is 0 Å². The lowest BCUT2D eigenvalue weighted by molar-refractivity contribution is -0.0618. The Morgan fingerprint density at radius 3 is 1.95 bits per heavy atom. The van der Waals surface area contributed by atoms with E-state index >= 15 is 0 Å². The molecule has 2 heteroatoms. The molecular formula is C18H30N2. The molecule has 1 N–H and O–H groups in total. The molecule has 4 saturated carbocycles. The summed E-state index contributed by atoms with van der Waals surface area (Å²) in [5, 5.41) is 3.77. The van der Waals surface area contributed by atoms with Gasteiger partial charge in [0.25, 0.3) is 0 Å². The van der Waals surface area contributed by atoms with Crippen LogP contribution in [0.2, 0.25) is 0 Å². The van der Waals surface area contributed by atoms with Crippen LogP contribution in [0, 0.1) is 23.2 Å². The third kappa shape index (κ3) is 2.06. The van der Waals surface area contributed by atoms with E-state index in [1.807, 2.05) is 0 Å². The summed E-state index contributed by atoms with van der Waals surface area (Å²) in [5.74, 6) is 3.38. The van der Waals surface area contributed by atoms with E-state index in [0.717, 1.165) is 35.3 Å². The normalized spacial score (nSPS) is 53.7. The van der Waals surface area contributed by atoms with Gasteiger partial charge >= 0.3 is 0 Å². The number of hydrogen-bond acceptors (Lipinski definition) is 2. The third-order valence-electron chi connectivity index (χ3n) is 7.42. The quantitative estimate of drug-likeness (QED) is 0.851. The van der Waals surface area contributed by atoms with E-state index in [4.69, 9.17) is 0 Å². The van der Waals surface area contributed by atoms with Crippen molar-refractivity contribution in [2.45, 2.75) is 69.9 Å². The van der Waals surface area contributed by atoms with Crippen molar-refractivity contribution >= 4 is 0 Å². The van der Waals surface area contributed by atoms with Gasteiger partial charge in [-0.2, -0.15) is 0 Å². The number of piperazine rings is 1. The number of likely N-dealkylation sites (tertiary alicyclic amines) is 1. The zero-order chi connectivity index (χ0) is 13.2. The van der Waals surface area contributed by atoms with Crippen molar-refractivity contribution in [1.29, 1.82) is 0 Å². The van der Waals surface area contributed by atoms with Gasteiger partial charge in [-0.25, -0.2) is 0 Å². The van der Waals surface area contributed by atoms with E-state index in [1.54, 1.807) is 38.5 Å². The fourth-order valence-corrected chi connectivity index (χ4v) is 7.06. The molecule has 0 aromatic heterocycles. The van der Waals surface area contributed by atoms with Crippen molar-refractivity contribution in [2.24, 2.45) is 23.2 Å². The van der Waals surface area contributed by atoms with Crippen molar-refractivity contribution in [2.75, 3.05) is 19.6 Å². The fourth-order valence-electron chi connectivity index (χ4n) is 7.06. The van der Waals surface area contributed by atoms with Gasteiger partial charge in [-0.15, -0.1) is 0 Å². The molecule has 4 aliphatic carbocycles. The maximum atomic E-state index is 3.77. The minimum atomic E-state index is 0.790. The molecule has 2 atom stereocenters. The average molecular weight is 274 g/mol. The van der Waals surface area contributed by atoms with Crippen LogP contribution < -0.4 is 5.32 Å². The molecule has 6 rings (SSSR count). The van der Waals surface area contributed by atoms with Gasteiger partial charge in [-0.05, 0) is 87.5 Å². The number of nitrogens with one attached hydrogen (secondary N) is 1. The highest BCUT2D eigenvalue weighted by Crippen LogP contribution is 2.61. The number of hydrogen-bond donors (Lipinski definition) is 1. The second kappa shape index (κ2) is 4.46. The monoisotopic (exact) mass is 274 g/mol. The average Bonchev–Trinajstić information content (AvgIpc) is 2.74. The second-order valence-electron chi connectivity index (χ2n) is 9.06. The van der Waals surface area contributed by atoms with Crippen molar-refractivity contribution in [1.82, 2.24) is 10.2 Å². The molecule has 0 amide bonds. The lowest BCUT2D eigenvalue weighted by Gasteiger charge is -2.57. The molecule has 0 aromatic rings. The van der Waals surface area contributed by atoms with Crippen LogP contribution in [-0.2, 0) is 0 Å². The van der Waals surface area contributed by atoms with Crippen molar-refractivity contribution in [3.63, 3.8) is 0 Å². The van der Waals surface area contributed by atoms with Crippen LogP contribution >= 0.6 is 0 Å². The van der Waals surface area contributed by atoms with Crippen LogP contribution in [0.15, 0.2) is 0 Å². The van der Waals surface area contributed by atoms with E-state index in [1.165, 1.54) is 38.9 Å². The van der Waals surface area contributed by atoms with Crippen molar-refractivity contribution < 1.29 is 0 Å². The van der Waals surface area contributed by atoms with Gasteiger partial charge in [0.1, 0.15) is 0 Å². The molecule has 2 nitrogen and oxygen atoms in total. The highest BCUT2D eigenvalue weighted by atomic mass is 15.2. The zero-order valence-corrected chi connectivity index (χ0v) is 12.8. The van der Waals surface area contributed by atoms with Gasteiger partial charge < -0.3 is 10.2 Å². The van der Waals surface area contributed by atoms with Crippen LogP contribution in [0.25, 0.3) is 0 Å². The largest absolute Gasteiger partial charge is 0.309 e. The highest BCUT2D eigenvalue weighted by molar-refractivity contribution is 5.02. The summed E-state index contributed by atoms with van der Waals surface area (Å²) < 4.78 is 0. The first-order chi connectivity index (χ1) is 9.76. The highest BCUT2D eigenvalue weighted by Gasteiger charge is 2.50. The number of nitrogens with zero attached hydrogens (tertiary/aromatic N) is 1. The van der Waals surface area contributed by atoms with Gasteiger partial charge in [-0.3, -0.25) is 0 Å². The van der Waals surface area contributed by atoms with Crippen LogP contribution in [0.1, 0.15) is 57.8 Å². The Hall–Kier alpha value is -0.0800. The standard InChI is InChI=1S/C18H30N2/c1-2-17-12-20(11-16(1)19-17)4-3-18-8-13-5-14(9-18)7-15(6-13)10-18/h13-17,19H,1-12H2. The first-order valence-corrected chi connectivity index (χ1v) is 9.25. The maximum Gasteiger partial charge on any atom is 0.0198 e. The molecule has 6 aliphatic rings. The van der Waals surface area contributed by atoms with Crippen LogP contribution in [-0.4, -0.2) is 36.6 Å². The fraction of sp³-hybridized carbons (Fsp3) is 1.00. The predicted molar refractivity (Wildman–Crippen MR) is 81.6 cm³/mol. The summed E-state index contributed by atoms with van der Waals surface area (Å²) >= 11 is 0. The Morgan fingerprint density at radius 2 is 1.40 bits per heavy atom. The summed E-state index contributed by atoms with van der Waals surface area (Å²) in [6.45, 7) is 4.08. The van der Waals surface area contributed by atoms with Crippen molar-refractivity contribution in [3.05, 3.63) is 0 Å². The van der Waals surface area contributed by atoms with E-state index in [0.29, 0.717) is 0 Å². The summed E-state index contributed by atoms with van der Waals surface area (Å²) in [4.78, 5) is 2.80. The number of fused-ring (bicyclic) bond motifs is 2. The Morgan fingerprint density at radius 1 is 0.850 bits per heavy atom. The Balaban J connectivity index is 1.24. The molecular weight excluding hydrogens is 244 g/mol. The molecule has 112 valence electrons. The topological polar surface area (TPSA) is 15.3 Å². The minimum absolute atomic E-state index is 0.790. The van der Waals surface area contributed by atoms with E-state index in [-0.39, 0.29) is 0 Å². The second-order valence-corrected chi connectivity index (χ2v) is 9.06. The minimum Gasteiger partial charge on any atom is -0.309 e. The van der Waals surface area contributed by atoms with Gasteiger partial charge in [0.15, 0.2) is 0 Å². The van der Waals surface area contributed by atoms with Gasteiger partial charge in [0.2, 0.25) is 0 Å². The molecule has 2 unspecified atom stereocenters. The summed E-state index contributed by atoms with van der Waals surface area (Å²) in [7, 11) is 0. The molecule has 2 saturated heterocycles. The third-order valence-corrected chi connectivity index (χ3v) is 7.42. The predicted octanol–water partition coefficient (Wildman–Crippen LogP) is 3.03. The SMILES string of the molecule is C1C2CC3CC1CC(CCN1CC4CCC(C1)N4)(C2)C3.